The number of allylic oxidation sites excluding steroid dienone is 1. The number of likely N-dealkylation sites (N-methyl/N-ethyl adjacent to an activating group) is 1. The van der Waals surface area contributed by atoms with Crippen molar-refractivity contribution in [2.24, 2.45) is 11.7 Å². The SMILES string of the molecule is C#C.CCC/C(C(=O)[C@H]1CCCCC1=O)=C(/N)c1nc(OC[C@@H]2CCCN2C)cc(Oc2cncnc2)n1. The number of nitrogens with two attached hydrogens (primary N) is 1. The molecule has 3 heterocycles. The van der Waals surface area contributed by atoms with Crippen molar-refractivity contribution in [3.8, 4) is 30.4 Å². The van der Waals surface area contributed by atoms with Gasteiger partial charge in [0.2, 0.25) is 11.8 Å². The fourth-order valence-electron chi connectivity index (χ4n) is 4.73. The first kappa shape index (κ1) is 28.7. The maximum atomic E-state index is 13.4. The number of Topliss-reactive ketones (excluding diaryl/α,β-unsaturated/α-hetero) is 2. The van der Waals surface area contributed by atoms with Crippen LogP contribution >= 0.6 is 0 Å². The van der Waals surface area contributed by atoms with Crippen molar-refractivity contribution in [2.45, 2.75) is 64.3 Å². The van der Waals surface area contributed by atoms with Crippen molar-refractivity contribution in [1.82, 2.24) is 24.8 Å². The molecular formula is C28H36N6O4. The van der Waals surface area contributed by atoms with E-state index < -0.39 is 5.92 Å². The number of carbonyl (C=O) groups is 2. The minimum Gasteiger partial charge on any atom is -0.476 e. The van der Waals surface area contributed by atoms with Gasteiger partial charge in [-0.25, -0.2) is 9.97 Å². The van der Waals surface area contributed by atoms with Crippen LogP contribution in [-0.4, -0.2) is 62.6 Å². The van der Waals surface area contributed by atoms with Crippen molar-refractivity contribution in [1.29, 1.82) is 0 Å². The minimum atomic E-state index is -0.645. The molecule has 0 amide bonds. The predicted octanol–water partition coefficient (Wildman–Crippen LogP) is 3.58. The van der Waals surface area contributed by atoms with Crippen LogP contribution in [0.1, 0.15) is 64.1 Å². The molecule has 2 aliphatic rings. The van der Waals surface area contributed by atoms with Crippen LogP contribution in [-0.2, 0) is 9.59 Å². The Morgan fingerprint density at radius 1 is 1.13 bits per heavy atom. The summed E-state index contributed by atoms with van der Waals surface area (Å²) in [7, 11) is 2.08. The Bertz CT molecular complexity index is 1150. The molecule has 1 saturated carbocycles. The lowest BCUT2D eigenvalue weighted by Gasteiger charge is -2.22. The van der Waals surface area contributed by atoms with Crippen molar-refractivity contribution in [3.63, 3.8) is 0 Å². The molecule has 2 fully saturated rings. The molecule has 2 N–H and O–H groups in total. The van der Waals surface area contributed by atoms with E-state index in [4.69, 9.17) is 15.2 Å². The molecular weight excluding hydrogens is 484 g/mol. The van der Waals surface area contributed by atoms with Gasteiger partial charge in [0.25, 0.3) is 0 Å². The number of terminal acetylenes is 1. The van der Waals surface area contributed by atoms with Crippen LogP contribution in [0.25, 0.3) is 5.70 Å². The van der Waals surface area contributed by atoms with E-state index >= 15 is 0 Å². The number of aromatic nitrogens is 4. The average Bonchev–Trinajstić information content (AvgIpc) is 3.36. The third-order valence-electron chi connectivity index (χ3n) is 6.77. The van der Waals surface area contributed by atoms with Gasteiger partial charge in [0.1, 0.15) is 18.7 Å². The first-order valence-electron chi connectivity index (χ1n) is 13.0. The quantitative estimate of drug-likeness (QED) is 0.281. The zero-order valence-electron chi connectivity index (χ0n) is 22.1. The molecule has 0 radical (unpaired) electrons. The van der Waals surface area contributed by atoms with E-state index in [1.165, 1.54) is 18.7 Å². The first-order valence-corrected chi connectivity index (χ1v) is 13.0. The Kier molecular flexibility index (Phi) is 10.7. The lowest BCUT2D eigenvalue weighted by atomic mass is 9.81. The molecule has 2 aromatic rings. The Labute approximate surface area is 224 Å². The van der Waals surface area contributed by atoms with Gasteiger partial charge in [-0.05, 0) is 45.7 Å². The summed E-state index contributed by atoms with van der Waals surface area (Å²) in [5.74, 6) is 0.146. The standard InChI is InChI=1S/C26H34N6O4.C2H2/c1-3-7-20(25(34)19-9-4-5-10-21(19)33)24(27)26-30-22(35-15-17-8-6-11-32(17)2)12-23(31-26)36-18-13-28-16-29-14-18;1-2/h12-14,16-17,19H,3-11,15,27H2,1-2H3;1-2H/b24-20-;/t17-,19-;/m0./s1. The van der Waals surface area contributed by atoms with Crippen LogP contribution in [0.4, 0.5) is 0 Å². The van der Waals surface area contributed by atoms with Gasteiger partial charge in [0, 0.05) is 18.0 Å². The lowest BCUT2D eigenvalue weighted by Crippen LogP contribution is -2.31. The number of ether oxygens (including phenoxy) is 2. The normalized spacial score (nSPS) is 20.2. The second-order valence-corrected chi connectivity index (χ2v) is 9.40. The van der Waals surface area contributed by atoms with Crippen molar-refractivity contribution < 1.29 is 19.1 Å². The van der Waals surface area contributed by atoms with Crippen LogP contribution in [0.2, 0.25) is 0 Å². The summed E-state index contributed by atoms with van der Waals surface area (Å²) in [5.41, 5.74) is 7.07. The Morgan fingerprint density at radius 3 is 2.53 bits per heavy atom. The Hall–Kier alpha value is -3.84. The van der Waals surface area contributed by atoms with Gasteiger partial charge >= 0.3 is 0 Å². The summed E-state index contributed by atoms with van der Waals surface area (Å²) in [6, 6.07) is 1.88. The van der Waals surface area contributed by atoms with E-state index in [1.807, 2.05) is 6.92 Å². The number of hydrogen-bond acceptors (Lipinski definition) is 10. The molecule has 0 unspecified atom stereocenters. The van der Waals surface area contributed by atoms with Crippen molar-refractivity contribution >= 4 is 17.3 Å². The highest BCUT2D eigenvalue weighted by atomic mass is 16.5. The average molecular weight is 521 g/mol. The highest BCUT2D eigenvalue weighted by Gasteiger charge is 2.32. The summed E-state index contributed by atoms with van der Waals surface area (Å²) in [6.07, 6.45) is 18.4. The zero-order chi connectivity index (χ0) is 27.5. The monoisotopic (exact) mass is 520 g/mol. The second kappa shape index (κ2) is 14.2. The summed E-state index contributed by atoms with van der Waals surface area (Å²) in [6.45, 7) is 3.46. The van der Waals surface area contributed by atoms with Gasteiger partial charge in [-0.1, -0.05) is 19.8 Å². The minimum absolute atomic E-state index is 0.0144. The topological polar surface area (TPSA) is 133 Å². The van der Waals surface area contributed by atoms with E-state index in [-0.39, 0.29) is 35.0 Å². The van der Waals surface area contributed by atoms with Gasteiger partial charge in [0.15, 0.2) is 17.4 Å². The molecule has 4 rings (SSSR count). The van der Waals surface area contributed by atoms with Gasteiger partial charge in [-0.2, -0.15) is 9.97 Å². The van der Waals surface area contributed by atoms with E-state index in [2.05, 4.69) is 44.7 Å². The Balaban J connectivity index is 0.00000195. The third-order valence-corrected chi connectivity index (χ3v) is 6.77. The molecule has 0 aromatic carbocycles. The number of rotatable bonds is 10. The Morgan fingerprint density at radius 2 is 1.87 bits per heavy atom. The number of hydrogen-bond donors (Lipinski definition) is 1. The van der Waals surface area contributed by atoms with Crippen LogP contribution in [0, 0.1) is 18.8 Å². The lowest BCUT2D eigenvalue weighted by molar-refractivity contribution is -0.132. The van der Waals surface area contributed by atoms with Gasteiger partial charge in [-0.3, -0.25) is 9.59 Å². The number of ketones is 2. The van der Waals surface area contributed by atoms with Gasteiger partial charge < -0.3 is 20.1 Å². The number of likely N-dealkylation sites (tertiary alicyclic amines) is 1. The molecule has 0 bridgehead atoms. The summed E-state index contributed by atoms with van der Waals surface area (Å²) < 4.78 is 11.9. The highest BCUT2D eigenvalue weighted by molar-refractivity contribution is 6.13. The number of nitrogens with zero attached hydrogens (tertiary/aromatic N) is 5. The number of carbonyl (C=O) groups excluding carboxylic acids is 2. The van der Waals surface area contributed by atoms with Gasteiger partial charge in [-0.15, -0.1) is 12.8 Å². The van der Waals surface area contributed by atoms with Crippen LogP contribution < -0.4 is 15.2 Å². The molecule has 1 aliphatic heterocycles. The zero-order valence-corrected chi connectivity index (χ0v) is 22.1. The fourth-order valence-corrected chi connectivity index (χ4v) is 4.73. The van der Waals surface area contributed by atoms with Gasteiger partial charge in [0.05, 0.1) is 30.1 Å². The first-order chi connectivity index (χ1) is 18.5. The maximum absolute atomic E-state index is 13.4. The molecule has 0 spiro atoms. The summed E-state index contributed by atoms with van der Waals surface area (Å²) in [4.78, 5) is 45.1. The molecule has 10 heteroatoms. The van der Waals surface area contributed by atoms with Crippen LogP contribution in [0.15, 0.2) is 30.4 Å². The molecule has 202 valence electrons. The van der Waals surface area contributed by atoms with Crippen LogP contribution in [0.5, 0.6) is 17.5 Å². The largest absolute Gasteiger partial charge is 0.476 e. The van der Waals surface area contributed by atoms with E-state index in [9.17, 15) is 9.59 Å². The molecule has 10 nitrogen and oxygen atoms in total. The molecule has 38 heavy (non-hydrogen) atoms. The fraction of sp³-hybridized carbons (Fsp3) is 0.500. The van der Waals surface area contributed by atoms with Crippen LogP contribution in [0.3, 0.4) is 0 Å². The second-order valence-electron chi connectivity index (χ2n) is 9.40. The maximum Gasteiger partial charge on any atom is 0.226 e. The third kappa shape index (κ3) is 7.35. The summed E-state index contributed by atoms with van der Waals surface area (Å²) >= 11 is 0. The summed E-state index contributed by atoms with van der Waals surface area (Å²) in [5, 5.41) is 0. The molecule has 1 aliphatic carbocycles. The smallest absolute Gasteiger partial charge is 0.226 e. The van der Waals surface area contributed by atoms with E-state index in [0.717, 1.165) is 32.2 Å². The predicted molar refractivity (Wildman–Crippen MR) is 143 cm³/mol. The molecule has 2 atom stereocenters. The van der Waals surface area contributed by atoms with Crippen molar-refractivity contribution in [2.75, 3.05) is 20.2 Å². The molecule has 2 aromatic heterocycles. The van der Waals surface area contributed by atoms with E-state index in [1.54, 1.807) is 6.07 Å². The van der Waals surface area contributed by atoms with Crippen molar-refractivity contribution in [3.05, 3.63) is 36.2 Å². The molecule has 1 saturated heterocycles. The highest BCUT2D eigenvalue weighted by Crippen LogP contribution is 2.29. The van der Waals surface area contributed by atoms with E-state index in [0.29, 0.717) is 49.5 Å².